The topological polar surface area (TPSA) is 72.8 Å². The maximum absolute atomic E-state index is 12.9. The lowest BCUT2D eigenvalue weighted by atomic mass is 10.1. The molecule has 1 amide bonds. The van der Waals surface area contributed by atoms with Crippen LogP contribution in [0.3, 0.4) is 0 Å². The summed E-state index contributed by atoms with van der Waals surface area (Å²) in [5, 5.41) is 0. The highest BCUT2D eigenvalue weighted by Gasteiger charge is 2.37. The number of ether oxygens (including phenoxy) is 2. The molecule has 2 aromatic rings. The summed E-state index contributed by atoms with van der Waals surface area (Å²) < 4.78 is 12.9. The Labute approximate surface area is 144 Å². The molecule has 3 heterocycles. The van der Waals surface area contributed by atoms with E-state index in [0.717, 1.165) is 5.56 Å². The molecule has 7 nitrogen and oxygen atoms in total. The van der Waals surface area contributed by atoms with E-state index in [1.165, 1.54) is 6.07 Å². The smallest absolute Gasteiger partial charge is 0.278 e. The molecule has 25 heavy (non-hydrogen) atoms. The van der Waals surface area contributed by atoms with Crippen LogP contribution in [0.1, 0.15) is 29.1 Å². The van der Waals surface area contributed by atoms with Crippen LogP contribution >= 0.6 is 0 Å². The van der Waals surface area contributed by atoms with Gasteiger partial charge in [-0.2, -0.15) is 0 Å². The highest BCUT2D eigenvalue weighted by Crippen LogP contribution is 2.26. The van der Waals surface area contributed by atoms with Crippen molar-refractivity contribution in [2.75, 3.05) is 25.2 Å². The minimum atomic E-state index is -0.351. The number of hydrogen-bond acceptors (Lipinski definition) is 5. The summed E-state index contributed by atoms with van der Waals surface area (Å²) in [7, 11) is 0. The largest absolute Gasteiger partial charge is 0.480 e. The molecule has 4 rings (SSSR count). The number of hydrogen-bond donors (Lipinski definition) is 1. The monoisotopic (exact) mass is 341 g/mol. The van der Waals surface area contributed by atoms with Crippen LogP contribution in [0.25, 0.3) is 0 Å². The van der Waals surface area contributed by atoms with E-state index in [-0.39, 0.29) is 35.0 Å². The molecular weight excluding hydrogens is 322 g/mol. The van der Waals surface area contributed by atoms with Gasteiger partial charge >= 0.3 is 0 Å². The molecule has 1 fully saturated rings. The molecule has 0 aliphatic carbocycles. The Hall–Kier alpha value is -2.80. The molecule has 7 heteroatoms. The fraction of sp³-hybridized carbons (Fsp3) is 0.333. The van der Waals surface area contributed by atoms with E-state index in [0.29, 0.717) is 19.8 Å². The lowest BCUT2D eigenvalue weighted by Crippen LogP contribution is -2.59. The van der Waals surface area contributed by atoms with E-state index in [2.05, 4.69) is 5.43 Å². The summed E-state index contributed by atoms with van der Waals surface area (Å²) in [6.07, 6.45) is 0.966. The van der Waals surface area contributed by atoms with E-state index in [1.807, 2.05) is 37.3 Å². The van der Waals surface area contributed by atoms with Crippen molar-refractivity contribution in [2.45, 2.75) is 19.2 Å². The summed E-state index contributed by atoms with van der Waals surface area (Å²) in [4.78, 5) is 27.0. The van der Waals surface area contributed by atoms with E-state index >= 15 is 0 Å². The van der Waals surface area contributed by atoms with Gasteiger partial charge in [0.15, 0.2) is 11.4 Å². The Morgan fingerprint density at radius 3 is 2.84 bits per heavy atom. The first-order valence-electron chi connectivity index (χ1n) is 8.27. The van der Waals surface area contributed by atoms with Crippen LogP contribution in [-0.4, -0.2) is 41.4 Å². The van der Waals surface area contributed by atoms with Crippen molar-refractivity contribution >= 4 is 5.91 Å². The summed E-state index contributed by atoms with van der Waals surface area (Å²) in [5.41, 5.74) is 4.04. The van der Waals surface area contributed by atoms with Crippen LogP contribution in [-0.2, 0) is 4.74 Å². The van der Waals surface area contributed by atoms with E-state index in [1.54, 1.807) is 15.8 Å². The minimum absolute atomic E-state index is 0.0706. The van der Waals surface area contributed by atoms with Crippen molar-refractivity contribution in [3.05, 3.63) is 64.1 Å². The van der Waals surface area contributed by atoms with Crippen LogP contribution in [0.2, 0.25) is 0 Å². The second-order valence-electron chi connectivity index (χ2n) is 6.12. The van der Waals surface area contributed by atoms with Crippen molar-refractivity contribution in [3.8, 4) is 5.75 Å². The molecule has 130 valence electrons. The molecule has 1 N–H and O–H groups in total. The predicted molar refractivity (Wildman–Crippen MR) is 91.2 cm³/mol. The number of aromatic nitrogens is 1. The van der Waals surface area contributed by atoms with Crippen molar-refractivity contribution in [1.29, 1.82) is 0 Å². The molecule has 0 bridgehead atoms. The molecular formula is C18H19N3O4. The first-order valence-corrected chi connectivity index (χ1v) is 8.27. The van der Waals surface area contributed by atoms with Crippen LogP contribution < -0.4 is 15.6 Å². The molecule has 2 atom stereocenters. The highest BCUT2D eigenvalue weighted by molar-refractivity contribution is 5.96. The van der Waals surface area contributed by atoms with Crippen molar-refractivity contribution in [1.82, 2.24) is 9.58 Å². The second kappa shape index (κ2) is 6.25. The normalized spacial score (nSPS) is 20.3. The van der Waals surface area contributed by atoms with Crippen molar-refractivity contribution in [3.63, 3.8) is 0 Å². The van der Waals surface area contributed by atoms with Gasteiger partial charge in [-0.3, -0.25) is 14.3 Å². The van der Waals surface area contributed by atoms with E-state index in [4.69, 9.17) is 9.47 Å². The van der Waals surface area contributed by atoms with Gasteiger partial charge in [0.1, 0.15) is 12.3 Å². The Kier molecular flexibility index (Phi) is 3.93. The number of nitrogens with one attached hydrogen (secondary N) is 1. The van der Waals surface area contributed by atoms with Crippen molar-refractivity contribution < 1.29 is 14.3 Å². The number of carbonyl (C=O) groups excluding carboxylic acids is 1. The zero-order valence-corrected chi connectivity index (χ0v) is 13.8. The number of pyridine rings is 1. The molecule has 1 aromatic heterocycles. The predicted octanol–water partition coefficient (Wildman–Crippen LogP) is 1.34. The van der Waals surface area contributed by atoms with Gasteiger partial charge in [0, 0.05) is 18.8 Å². The van der Waals surface area contributed by atoms with Gasteiger partial charge in [0.2, 0.25) is 5.43 Å². The minimum Gasteiger partial charge on any atom is -0.480 e. The number of rotatable bonds is 3. The lowest BCUT2D eigenvalue weighted by Gasteiger charge is -2.41. The fourth-order valence-corrected chi connectivity index (χ4v) is 3.16. The van der Waals surface area contributed by atoms with Gasteiger partial charge in [-0.1, -0.05) is 30.3 Å². The van der Waals surface area contributed by atoms with Gasteiger partial charge in [-0.05, 0) is 12.5 Å². The standard InChI is InChI=1S/C18H19N3O4/c1-12(13-5-3-2-4-6-13)25-17-14(22)7-8-21-16(17)18(23)20-9-10-24-11-15(20)19-21/h2-8,12,15,19H,9-11H2,1H3/t12?,15-/m0/s1. The Morgan fingerprint density at radius 2 is 2.04 bits per heavy atom. The van der Waals surface area contributed by atoms with Crippen LogP contribution in [0.4, 0.5) is 0 Å². The number of fused-ring (bicyclic) bond motifs is 2. The molecule has 0 spiro atoms. The van der Waals surface area contributed by atoms with E-state index in [9.17, 15) is 9.59 Å². The van der Waals surface area contributed by atoms with Crippen LogP contribution in [0.15, 0.2) is 47.4 Å². The number of amides is 1. The van der Waals surface area contributed by atoms with E-state index < -0.39 is 0 Å². The zero-order chi connectivity index (χ0) is 17.4. The molecule has 0 saturated carbocycles. The van der Waals surface area contributed by atoms with Gasteiger partial charge in [-0.25, -0.2) is 0 Å². The number of morpholine rings is 1. The van der Waals surface area contributed by atoms with Crippen LogP contribution in [0, 0.1) is 0 Å². The average Bonchev–Trinajstić information content (AvgIpc) is 2.65. The third-order valence-electron chi connectivity index (χ3n) is 4.50. The zero-order valence-electron chi connectivity index (χ0n) is 13.8. The van der Waals surface area contributed by atoms with Gasteiger partial charge in [0.25, 0.3) is 5.91 Å². The number of carbonyl (C=O) groups is 1. The maximum atomic E-state index is 12.9. The molecule has 1 aromatic carbocycles. The Morgan fingerprint density at radius 1 is 1.24 bits per heavy atom. The van der Waals surface area contributed by atoms with Crippen molar-refractivity contribution in [2.24, 2.45) is 0 Å². The summed E-state index contributed by atoms with van der Waals surface area (Å²) in [5.74, 6) is -0.152. The first kappa shape index (κ1) is 15.7. The second-order valence-corrected chi connectivity index (χ2v) is 6.12. The summed E-state index contributed by atoms with van der Waals surface area (Å²) in [6.45, 7) is 3.23. The van der Waals surface area contributed by atoms with Gasteiger partial charge < -0.3 is 19.8 Å². The molecule has 1 saturated heterocycles. The summed E-state index contributed by atoms with van der Waals surface area (Å²) >= 11 is 0. The van der Waals surface area contributed by atoms with Gasteiger partial charge in [0.05, 0.1) is 13.2 Å². The third kappa shape index (κ3) is 2.76. The third-order valence-corrected chi connectivity index (χ3v) is 4.50. The molecule has 1 unspecified atom stereocenters. The highest BCUT2D eigenvalue weighted by atomic mass is 16.5. The molecule has 2 aliphatic rings. The SMILES string of the molecule is CC(Oc1c2n(ccc1=O)N[C@@H]1COCCN1C2=O)c1ccccc1. The van der Waals surface area contributed by atoms with Crippen LogP contribution in [0.5, 0.6) is 5.75 Å². The average molecular weight is 341 g/mol. The Balaban J connectivity index is 1.72. The fourth-order valence-electron chi connectivity index (χ4n) is 3.16. The molecule has 0 radical (unpaired) electrons. The Bertz CT molecular complexity index is 849. The number of benzene rings is 1. The summed E-state index contributed by atoms with van der Waals surface area (Å²) in [6, 6.07) is 11.0. The lowest BCUT2D eigenvalue weighted by molar-refractivity contribution is -0.00339. The quantitative estimate of drug-likeness (QED) is 0.912. The maximum Gasteiger partial charge on any atom is 0.278 e. The van der Waals surface area contributed by atoms with Gasteiger partial charge in [-0.15, -0.1) is 0 Å². The first-order chi connectivity index (χ1) is 12.1. The number of nitrogens with zero attached hydrogens (tertiary/aromatic N) is 2. The molecule has 2 aliphatic heterocycles.